The molecule has 7 heteroatoms. The molecule has 1 amide bonds. The van der Waals surface area contributed by atoms with Gasteiger partial charge in [-0.05, 0) is 30.7 Å². The molecule has 0 spiro atoms. The highest BCUT2D eigenvalue weighted by Gasteiger charge is 2.13. The number of hydrogen-bond donors (Lipinski definition) is 2. The zero-order valence-electron chi connectivity index (χ0n) is 10.9. The van der Waals surface area contributed by atoms with Crippen LogP contribution in [0.5, 0.6) is 0 Å². The Hall–Kier alpha value is -0.240. The van der Waals surface area contributed by atoms with Gasteiger partial charge in [0.05, 0.1) is 4.90 Å². The maximum Gasteiger partial charge on any atom is 0.239 e. The summed E-state index contributed by atoms with van der Waals surface area (Å²) in [6.45, 7) is 5.72. The number of amides is 1. The summed E-state index contributed by atoms with van der Waals surface area (Å²) in [6.07, 6.45) is 0. The summed E-state index contributed by atoms with van der Waals surface area (Å²) >= 11 is 4.40. The summed E-state index contributed by atoms with van der Waals surface area (Å²) in [7, 11) is 0. The maximum absolute atomic E-state index is 11.6. The third-order valence-electron chi connectivity index (χ3n) is 2.05. The molecule has 0 heterocycles. The van der Waals surface area contributed by atoms with Gasteiger partial charge in [0.1, 0.15) is 4.83 Å². The number of aryl methyl sites for hydroxylation is 1. The molecule has 108 valence electrons. The van der Waals surface area contributed by atoms with Gasteiger partial charge in [-0.2, -0.15) is 0 Å². The van der Waals surface area contributed by atoms with Crippen molar-refractivity contribution >= 4 is 54.5 Å². The first-order valence-corrected chi connectivity index (χ1v) is 8.82. The monoisotopic (exact) mass is 413 g/mol. The Morgan fingerprint density at radius 2 is 2.05 bits per heavy atom. The lowest BCUT2D eigenvalue weighted by Gasteiger charge is -2.10. The highest BCUT2D eigenvalue weighted by Crippen LogP contribution is 2.18. The number of hydrogen-bond acceptors (Lipinski definition) is 2. The predicted molar refractivity (Wildman–Crippen MR) is 86.7 cm³/mol. The minimum Gasteiger partial charge on any atom is -0.325 e. The molecule has 0 bridgehead atoms. The van der Waals surface area contributed by atoms with Crippen molar-refractivity contribution in [2.45, 2.75) is 30.5 Å². The van der Waals surface area contributed by atoms with E-state index < -0.39 is 11.1 Å². The number of nitrogens with one attached hydrogen (secondary N) is 1. The van der Waals surface area contributed by atoms with Crippen LogP contribution in [-0.4, -0.2) is 24.8 Å². The van der Waals surface area contributed by atoms with Crippen LogP contribution in [-0.2, 0) is 15.9 Å². The fourth-order valence-corrected chi connectivity index (χ4v) is 2.14. The molecule has 1 aromatic rings. The van der Waals surface area contributed by atoms with Crippen LogP contribution < -0.4 is 5.32 Å². The first kappa shape index (κ1) is 18.8. The Bertz CT molecular complexity index is 455. The Kier molecular flexibility index (Phi) is 9.51. The summed E-state index contributed by atoms with van der Waals surface area (Å²) in [5.74, 6) is -0.167. The second-order valence-corrected chi connectivity index (χ2v) is 6.03. The molecule has 0 saturated heterocycles. The van der Waals surface area contributed by atoms with E-state index in [-0.39, 0.29) is 10.7 Å². The minimum absolute atomic E-state index is 0.167. The summed E-state index contributed by atoms with van der Waals surface area (Å²) in [5.41, 5.74) is 1.26. The van der Waals surface area contributed by atoms with E-state index in [0.717, 1.165) is 0 Å². The fraction of sp³-hybridized carbons (Fsp3) is 0.417. The normalized spacial score (nSPS) is 12.9. The van der Waals surface area contributed by atoms with Crippen LogP contribution in [0.2, 0.25) is 0 Å². The summed E-state index contributed by atoms with van der Waals surface area (Å²) in [5, 5.41) is 3.21. The van der Waals surface area contributed by atoms with E-state index in [1.165, 1.54) is 6.07 Å². The second-order valence-electron chi connectivity index (χ2n) is 3.34. The molecular weight excluding hydrogens is 398 g/mol. The standard InChI is InChI=1S/C10H11Br2NO3S.C2H6/c1-6-4-7(2-3-9(6)17(15)16)13-10(14)8(12)5-11;1-2/h2-4,8H,5H2,1H3,(H,13,14)(H,15,16);1-2H3. The van der Waals surface area contributed by atoms with Crippen molar-refractivity contribution in [1.29, 1.82) is 0 Å². The van der Waals surface area contributed by atoms with E-state index in [9.17, 15) is 9.00 Å². The smallest absolute Gasteiger partial charge is 0.239 e. The molecule has 1 rings (SSSR count). The summed E-state index contributed by atoms with van der Waals surface area (Å²) in [6, 6.07) is 4.79. The van der Waals surface area contributed by atoms with Gasteiger partial charge in [-0.1, -0.05) is 45.7 Å². The first-order chi connectivity index (χ1) is 8.95. The fourth-order valence-electron chi connectivity index (χ4n) is 1.21. The van der Waals surface area contributed by atoms with E-state index in [1.807, 2.05) is 13.8 Å². The third-order valence-corrected chi connectivity index (χ3v) is 5.14. The lowest BCUT2D eigenvalue weighted by molar-refractivity contribution is -0.115. The van der Waals surface area contributed by atoms with Gasteiger partial charge >= 0.3 is 0 Å². The highest BCUT2D eigenvalue weighted by molar-refractivity contribution is 9.12. The molecule has 0 aliphatic rings. The van der Waals surface area contributed by atoms with Crippen LogP contribution in [0.3, 0.4) is 0 Å². The van der Waals surface area contributed by atoms with Crippen LogP contribution in [0.1, 0.15) is 19.4 Å². The van der Waals surface area contributed by atoms with Crippen molar-refractivity contribution in [3.63, 3.8) is 0 Å². The van der Waals surface area contributed by atoms with E-state index >= 15 is 0 Å². The van der Waals surface area contributed by atoms with E-state index in [2.05, 4.69) is 37.2 Å². The SMILES string of the molecule is CC.Cc1cc(NC(=O)C(Br)CBr)ccc1S(=O)O. The van der Waals surface area contributed by atoms with Gasteiger partial charge in [-0.3, -0.25) is 4.79 Å². The van der Waals surface area contributed by atoms with Crippen molar-refractivity contribution < 1.29 is 13.6 Å². The molecule has 4 nitrogen and oxygen atoms in total. The first-order valence-electron chi connectivity index (χ1n) is 5.68. The van der Waals surface area contributed by atoms with Gasteiger partial charge in [0.2, 0.25) is 5.91 Å². The summed E-state index contributed by atoms with van der Waals surface area (Å²) < 4.78 is 19.9. The average molecular weight is 415 g/mol. The summed E-state index contributed by atoms with van der Waals surface area (Å²) in [4.78, 5) is 11.6. The van der Waals surface area contributed by atoms with Crippen molar-refractivity contribution in [3.8, 4) is 0 Å². The number of carbonyl (C=O) groups excluding carboxylic acids is 1. The third kappa shape index (κ3) is 6.16. The van der Waals surface area contributed by atoms with Crippen molar-refractivity contribution in [3.05, 3.63) is 23.8 Å². The molecule has 19 heavy (non-hydrogen) atoms. The van der Waals surface area contributed by atoms with Crippen LogP contribution >= 0.6 is 31.9 Å². The van der Waals surface area contributed by atoms with Gasteiger partial charge in [0.15, 0.2) is 11.1 Å². The van der Waals surface area contributed by atoms with Crippen LogP contribution in [0, 0.1) is 6.92 Å². The topological polar surface area (TPSA) is 66.4 Å². The molecule has 2 unspecified atom stereocenters. The molecule has 0 aliphatic heterocycles. The van der Waals surface area contributed by atoms with Crippen LogP contribution in [0.4, 0.5) is 5.69 Å². The van der Waals surface area contributed by atoms with Crippen LogP contribution in [0.15, 0.2) is 23.1 Å². The predicted octanol–water partition coefficient (Wildman–Crippen LogP) is 3.70. The quantitative estimate of drug-likeness (QED) is 0.583. The number of rotatable bonds is 4. The molecule has 2 N–H and O–H groups in total. The number of anilines is 1. The Labute approximate surface area is 132 Å². The lowest BCUT2D eigenvalue weighted by Crippen LogP contribution is -2.23. The number of halogens is 2. The van der Waals surface area contributed by atoms with Gasteiger partial charge in [-0.25, -0.2) is 4.21 Å². The van der Waals surface area contributed by atoms with Crippen molar-refractivity contribution in [2.24, 2.45) is 0 Å². The minimum atomic E-state index is -2.00. The van der Waals surface area contributed by atoms with Crippen molar-refractivity contribution in [1.82, 2.24) is 0 Å². The van der Waals surface area contributed by atoms with Gasteiger partial charge < -0.3 is 9.87 Å². The molecule has 0 fully saturated rings. The Balaban J connectivity index is 0.00000154. The van der Waals surface area contributed by atoms with E-state index in [1.54, 1.807) is 19.1 Å². The van der Waals surface area contributed by atoms with E-state index in [0.29, 0.717) is 21.5 Å². The number of alkyl halides is 2. The largest absolute Gasteiger partial charge is 0.325 e. The van der Waals surface area contributed by atoms with Gasteiger partial charge in [0, 0.05) is 11.0 Å². The molecule has 0 aromatic heterocycles. The average Bonchev–Trinajstić information content (AvgIpc) is 2.39. The molecule has 0 saturated carbocycles. The van der Waals surface area contributed by atoms with E-state index in [4.69, 9.17) is 4.55 Å². The van der Waals surface area contributed by atoms with Crippen molar-refractivity contribution in [2.75, 3.05) is 10.6 Å². The Morgan fingerprint density at radius 1 is 1.47 bits per heavy atom. The molecule has 2 atom stereocenters. The molecular formula is C12H17Br2NO3S. The van der Waals surface area contributed by atoms with Gasteiger partial charge in [0.25, 0.3) is 0 Å². The zero-order chi connectivity index (χ0) is 15.0. The van der Waals surface area contributed by atoms with Gasteiger partial charge in [-0.15, -0.1) is 0 Å². The lowest BCUT2D eigenvalue weighted by atomic mass is 10.2. The van der Waals surface area contributed by atoms with Crippen LogP contribution in [0.25, 0.3) is 0 Å². The maximum atomic E-state index is 11.6. The molecule has 0 radical (unpaired) electrons. The zero-order valence-corrected chi connectivity index (χ0v) is 14.9. The highest BCUT2D eigenvalue weighted by atomic mass is 79.9. The second kappa shape index (κ2) is 9.63. The molecule has 1 aromatic carbocycles. The number of carbonyl (C=O) groups is 1. The molecule has 0 aliphatic carbocycles. The Morgan fingerprint density at radius 3 is 2.47 bits per heavy atom. The number of benzene rings is 1.